The molecule has 0 spiro atoms. The molecule has 0 heterocycles. The number of amides is 2. The zero-order valence-corrected chi connectivity index (χ0v) is 32.2. The summed E-state index contributed by atoms with van der Waals surface area (Å²) < 4.78 is 82.2. The quantitative estimate of drug-likeness (QED) is 0.160. The molecule has 2 rings (SSSR count). The molecule has 0 aromatic heterocycles. The van der Waals surface area contributed by atoms with Crippen LogP contribution in [0, 0.1) is 17.8 Å². The number of rotatable bonds is 20. The fourth-order valence-electron chi connectivity index (χ4n) is 6.97. The van der Waals surface area contributed by atoms with E-state index in [1.165, 1.54) is 33.0 Å². The molecule has 2 fully saturated rings. The monoisotopic (exact) mass is 743 g/mol. The zero-order valence-electron chi connectivity index (χ0n) is 30.6. The van der Waals surface area contributed by atoms with Crippen molar-refractivity contribution < 1.29 is 40.3 Å². The van der Waals surface area contributed by atoms with Gasteiger partial charge in [-0.2, -0.15) is 0 Å². The van der Waals surface area contributed by atoms with E-state index < -0.39 is 78.7 Å². The number of nitrogens with one attached hydrogen (secondary N) is 2. The van der Waals surface area contributed by atoms with Gasteiger partial charge in [0.2, 0.25) is 31.9 Å². The number of alkyl halides is 2. The minimum atomic E-state index is -3.83. The van der Waals surface area contributed by atoms with Crippen LogP contribution in [0.1, 0.15) is 105 Å². The van der Waals surface area contributed by atoms with Gasteiger partial charge in [-0.1, -0.05) is 27.2 Å². The van der Waals surface area contributed by atoms with Crippen molar-refractivity contribution >= 4 is 31.9 Å². The molecule has 12 nitrogen and oxygen atoms in total. The summed E-state index contributed by atoms with van der Waals surface area (Å²) in [6, 6.07) is -1.01. The second-order valence-electron chi connectivity index (χ2n) is 14.5. The van der Waals surface area contributed by atoms with E-state index in [9.17, 15) is 40.3 Å². The molecule has 7 atom stereocenters. The van der Waals surface area contributed by atoms with Gasteiger partial charge in [0.05, 0.1) is 22.6 Å². The van der Waals surface area contributed by atoms with Crippen LogP contribution < -0.4 is 10.1 Å². The Morgan fingerprint density at radius 2 is 1.41 bits per heavy atom. The Hall–Kier alpha value is -1.46. The summed E-state index contributed by atoms with van der Waals surface area (Å²) in [5, 5.41) is 14.1. The van der Waals surface area contributed by atoms with E-state index in [4.69, 9.17) is 0 Å². The predicted octanol–water partition coefficient (Wildman–Crippen LogP) is 3.37. The predicted molar refractivity (Wildman–Crippen MR) is 188 cm³/mol. The number of unbranched alkanes of at least 4 members (excludes halogenated alkanes) is 1. The van der Waals surface area contributed by atoms with E-state index >= 15 is 0 Å². The average molecular weight is 744 g/mol. The summed E-state index contributed by atoms with van der Waals surface area (Å²) in [7, 11) is -4.76. The minimum Gasteiger partial charge on any atom is -0.390 e. The molecule has 49 heavy (non-hydrogen) atoms. The molecule has 2 aliphatic carbocycles. The number of aliphatic hydroxyl groups is 1. The number of aliphatic hydroxyl groups excluding tert-OH is 1. The van der Waals surface area contributed by atoms with E-state index in [0.717, 1.165) is 23.6 Å². The summed E-state index contributed by atoms with van der Waals surface area (Å²) >= 11 is 0. The first kappa shape index (κ1) is 43.7. The van der Waals surface area contributed by atoms with Crippen LogP contribution in [0.4, 0.5) is 8.78 Å². The lowest BCUT2D eigenvalue weighted by atomic mass is 9.79. The third-order valence-corrected chi connectivity index (χ3v) is 13.7. The molecule has 2 amide bonds. The first-order valence-corrected chi connectivity index (χ1v) is 21.1. The van der Waals surface area contributed by atoms with Crippen molar-refractivity contribution in [3.8, 4) is 0 Å². The molecule has 7 unspecified atom stereocenters. The summed E-state index contributed by atoms with van der Waals surface area (Å²) in [6.07, 6.45) is -1.10. The van der Waals surface area contributed by atoms with Crippen LogP contribution in [0.5, 0.6) is 0 Å². The minimum absolute atomic E-state index is 0.0279. The maximum atomic E-state index is 14.4. The number of hydrogen-bond acceptors (Lipinski definition) is 8. The van der Waals surface area contributed by atoms with E-state index in [1.807, 2.05) is 20.8 Å². The Kier molecular flexibility index (Phi) is 17.8. The smallest absolute Gasteiger partial charge is 0.226 e. The second kappa shape index (κ2) is 20.0. The summed E-state index contributed by atoms with van der Waals surface area (Å²) in [4.78, 5) is 32.0. The number of sulfonamides is 2. The van der Waals surface area contributed by atoms with E-state index in [2.05, 4.69) is 10.1 Å². The topological polar surface area (TPSA) is 156 Å². The number of halogens is 2. The highest BCUT2D eigenvalue weighted by Crippen LogP contribution is 2.36. The van der Waals surface area contributed by atoms with Gasteiger partial charge in [0, 0.05) is 58.5 Å². The molecule has 2 saturated carbocycles. The Morgan fingerprint density at radius 1 is 0.837 bits per heavy atom. The molecule has 3 N–H and O–H groups in total. The Labute approximate surface area is 294 Å². The number of hydrazine groups is 1. The zero-order chi connectivity index (χ0) is 37.1. The average Bonchev–Trinajstić information content (AvgIpc) is 3.01. The standard InChI is InChI=1S/C33H63F2N5O7S2/c1-8-11-14-40(37-48(44,45)23(4)5)22-31(41)30(17-24-15-27(34)21-28(35)16-24)36-32(42)25-18-26(33(43)39(12-9-2)13-10-3)20-29(19-25)49(46,47)38(6)7/h23-31,37,41H,8-22H2,1-7H3,(H,36,42). The van der Waals surface area contributed by atoms with Crippen LogP contribution >= 0.6 is 0 Å². The van der Waals surface area contributed by atoms with Crippen LogP contribution in [0.3, 0.4) is 0 Å². The van der Waals surface area contributed by atoms with Gasteiger partial charge < -0.3 is 15.3 Å². The maximum Gasteiger partial charge on any atom is 0.226 e. The van der Waals surface area contributed by atoms with Crippen molar-refractivity contribution in [1.29, 1.82) is 0 Å². The van der Waals surface area contributed by atoms with Gasteiger partial charge in [-0.05, 0) is 77.6 Å². The summed E-state index contributed by atoms with van der Waals surface area (Å²) in [5.74, 6) is -2.82. The van der Waals surface area contributed by atoms with Gasteiger partial charge >= 0.3 is 0 Å². The first-order chi connectivity index (χ1) is 22.9. The van der Waals surface area contributed by atoms with E-state index in [0.29, 0.717) is 19.5 Å². The van der Waals surface area contributed by atoms with Gasteiger partial charge in [-0.15, -0.1) is 4.83 Å². The van der Waals surface area contributed by atoms with Crippen molar-refractivity contribution in [3.63, 3.8) is 0 Å². The summed E-state index contributed by atoms with van der Waals surface area (Å²) in [5.41, 5.74) is 0. The molecule has 0 radical (unpaired) electrons. The van der Waals surface area contributed by atoms with Crippen molar-refractivity contribution in [1.82, 2.24) is 24.4 Å². The van der Waals surface area contributed by atoms with Crippen molar-refractivity contribution in [2.45, 2.75) is 140 Å². The number of nitrogens with zero attached hydrogens (tertiary/aromatic N) is 3. The Balaban J connectivity index is 2.42. The second-order valence-corrected chi connectivity index (χ2v) is 19.2. The molecule has 0 aromatic carbocycles. The molecule has 16 heteroatoms. The molecule has 2 aliphatic rings. The lowest BCUT2D eigenvalue weighted by molar-refractivity contribution is -0.138. The fourth-order valence-corrected chi connectivity index (χ4v) is 9.25. The first-order valence-electron chi connectivity index (χ1n) is 18.1. The molecular weight excluding hydrogens is 681 g/mol. The molecule has 0 bridgehead atoms. The molecule has 288 valence electrons. The van der Waals surface area contributed by atoms with E-state index in [1.54, 1.807) is 4.90 Å². The van der Waals surface area contributed by atoms with E-state index in [-0.39, 0.29) is 63.9 Å². The van der Waals surface area contributed by atoms with Crippen molar-refractivity contribution in [2.24, 2.45) is 17.8 Å². The van der Waals surface area contributed by atoms with Crippen LogP contribution in [0.15, 0.2) is 0 Å². The molecular formula is C33H63F2N5O7S2. The molecule has 0 saturated heterocycles. The molecule has 0 aromatic rings. The van der Waals surface area contributed by atoms with Crippen LogP contribution in [0.2, 0.25) is 0 Å². The van der Waals surface area contributed by atoms with Gasteiger partial charge in [-0.3, -0.25) is 9.59 Å². The lowest BCUT2D eigenvalue weighted by Crippen LogP contribution is -2.55. The number of hydrogen-bond donors (Lipinski definition) is 3. The van der Waals surface area contributed by atoms with Gasteiger partial charge in [0.25, 0.3) is 0 Å². The largest absolute Gasteiger partial charge is 0.390 e. The van der Waals surface area contributed by atoms with Gasteiger partial charge in [-0.25, -0.2) is 34.9 Å². The highest BCUT2D eigenvalue weighted by atomic mass is 32.2. The normalized spacial score (nSPS) is 26.6. The molecule has 0 aliphatic heterocycles. The summed E-state index contributed by atoms with van der Waals surface area (Å²) in [6.45, 7) is 10.0. The Morgan fingerprint density at radius 3 is 1.92 bits per heavy atom. The maximum absolute atomic E-state index is 14.4. The SMILES string of the molecule is CCCCN(CC(O)C(CC1CC(F)CC(F)C1)NC(=O)C1CC(C(=O)N(CCC)CCC)CC(S(=O)(=O)N(C)C)C1)NS(=O)(=O)C(C)C. The van der Waals surface area contributed by atoms with Crippen LogP contribution in [-0.2, 0) is 29.6 Å². The van der Waals surface area contributed by atoms with Crippen molar-refractivity contribution in [3.05, 3.63) is 0 Å². The van der Waals surface area contributed by atoms with Crippen molar-refractivity contribution in [2.75, 3.05) is 40.3 Å². The van der Waals surface area contributed by atoms with Gasteiger partial charge in [0.1, 0.15) is 12.3 Å². The van der Waals surface area contributed by atoms with Gasteiger partial charge in [0.15, 0.2) is 0 Å². The highest BCUT2D eigenvalue weighted by Gasteiger charge is 2.44. The van der Waals surface area contributed by atoms with Crippen LogP contribution in [-0.4, -0.2) is 123 Å². The lowest BCUT2D eigenvalue weighted by Gasteiger charge is -2.38. The third-order valence-electron chi connectivity index (χ3n) is 9.75. The number of carbonyl (C=O) groups excluding carboxylic acids is 2. The fraction of sp³-hybridized carbons (Fsp3) is 0.939. The highest BCUT2D eigenvalue weighted by molar-refractivity contribution is 7.90. The Bertz CT molecular complexity index is 1240. The van der Waals surface area contributed by atoms with Crippen LogP contribution in [0.25, 0.3) is 0 Å². The number of carbonyl (C=O) groups is 2. The third kappa shape index (κ3) is 13.2.